The number of piperidine rings is 2. The number of methoxy groups -OCH3 is 1. The molecular formula is C29H39F3N4O2. The number of halogens is 3. The number of aryl methyl sites for hydroxylation is 2. The van der Waals surface area contributed by atoms with E-state index in [1.807, 2.05) is 18.7 Å². The summed E-state index contributed by atoms with van der Waals surface area (Å²) in [6.07, 6.45) is 1.07. The van der Waals surface area contributed by atoms with Gasteiger partial charge in [-0.3, -0.25) is 9.69 Å². The molecule has 2 saturated heterocycles. The molecule has 38 heavy (non-hydrogen) atoms. The molecule has 1 aromatic heterocycles. The van der Waals surface area contributed by atoms with E-state index in [1.54, 1.807) is 19.2 Å². The molecule has 0 N–H and O–H groups in total. The highest BCUT2D eigenvalue weighted by Crippen LogP contribution is 2.46. The highest BCUT2D eigenvalue weighted by atomic mass is 19.4. The number of aromatic nitrogens is 2. The Balaban J connectivity index is 1.40. The van der Waals surface area contributed by atoms with Crippen LogP contribution in [0, 0.1) is 25.2 Å². The first kappa shape index (κ1) is 28.5. The maximum absolute atomic E-state index is 13.2. The molecule has 0 saturated carbocycles. The fourth-order valence-electron chi connectivity index (χ4n) is 6.41. The second-order valence-corrected chi connectivity index (χ2v) is 11.3. The Morgan fingerprint density at radius 1 is 1.11 bits per heavy atom. The Bertz CT molecular complexity index is 1090. The van der Waals surface area contributed by atoms with E-state index in [0.717, 1.165) is 74.4 Å². The summed E-state index contributed by atoms with van der Waals surface area (Å²) in [6, 6.07) is 5.66. The molecule has 1 aromatic carbocycles. The van der Waals surface area contributed by atoms with Crippen molar-refractivity contribution in [1.29, 1.82) is 0 Å². The molecule has 6 nitrogen and oxygen atoms in total. The van der Waals surface area contributed by atoms with Gasteiger partial charge in [-0.1, -0.05) is 19.1 Å². The van der Waals surface area contributed by atoms with Crippen molar-refractivity contribution in [2.24, 2.45) is 11.3 Å². The second-order valence-electron chi connectivity index (χ2n) is 11.3. The second kappa shape index (κ2) is 11.3. The van der Waals surface area contributed by atoms with E-state index < -0.39 is 11.7 Å². The van der Waals surface area contributed by atoms with Crippen molar-refractivity contribution < 1.29 is 22.7 Å². The fraction of sp³-hybridized carbons (Fsp3) is 0.621. The van der Waals surface area contributed by atoms with E-state index in [2.05, 4.69) is 28.7 Å². The quantitative estimate of drug-likeness (QED) is 0.468. The van der Waals surface area contributed by atoms with E-state index in [-0.39, 0.29) is 23.4 Å². The van der Waals surface area contributed by atoms with Crippen LogP contribution in [0.25, 0.3) is 0 Å². The van der Waals surface area contributed by atoms with E-state index in [9.17, 15) is 18.0 Å². The molecule has 4 rings (SSSR count). The molecule has 2 aliphatic rings. The number of carbonyl (C=O) groups excluding carboxylic acids is 1. The van der Waals surface area contributed by atoms with E-state index in [0.29, 0.717) is 18.1 Å². The molecule has 0 aliphatic carbocycles. The molecule has 3 heterocycles. The zero-order valence-corrected chi connectivity index (χ0v) is 23.0. The zero-order chi connectivity index (χ0) is 27.7. The maximum Gasteiger partial charge on any atom is 0.416 e. The van der Waals surface area contributed by atoms with Crippen LogP contribution in [0.15, 0.2) is 30.6 Å². The van der Waals surface area contributed by atoms with Gasteiger partial charge in [0.15, 0.2) is 0 Å². The Kier molecular flexibility index (Phi) is 8.47. The molecule has 0 spiro atoms. The highest BCUT2D eigenvalue weighted by molar-refractivity contribution is 5.96. The lowest BCUT2D eigenvalue weighted by molar-refractivity contribution is -0.137. The molecule has 2 aliphatic heterocycles. The van der Waals surface area contributed by atoms with Crippen LogP contribution in [0.5, 0.6) is 0 Å². The van der Waals surface area contributed by atoms with Crippen molar-refractivity contribution in [3.8, 4) is 0 Å². The highest BCUT2D eigenvalue weighted by Gasteiger charge is 2.43. The summed E-state index contributed by atoms with van der Waals surface area (Å²) >= 11 is 0. The van der Waals surface area contributed by atoms with Crippen molar-refractivity contribution in [3.05, 3.63) is 58.7 Å². The van der Waals surface area contributed by atoms with E-state index in [1.165, 1.54) is 6.33 Å². The predicted molar refractivity (Wildman–Crippen MR) is 140 cm³/mol. The van der Waals surface area contributed by atoms with Crippen molar-refractivity contribution in [2.75, 3.05) is 33.4 Å². The van der Waals surface area contributed by atoms with Gasteiger partial charge < -0.3 is 9.64 Å². The molecule has 1 amide bonds. The first-order chi connectivity index (χ1) is 17.9. The van der Waals surface area contributed by atoms with Gasteiger partial charge in [0.2, 0.25) is 0 Å². The fourth-order valence-corrected chi connectivity index (χ4v) is 6.41. The Labute approximate surface area is 223 Å². The lowest BCUT2D eigenvalue weighted by Gasteiger charge is -2.50. The van der Waals surface area contributed by atoms with Gasteiger partial charge in [-0.25, -0.2) is 9.97 Å². The number of nitrogens with zero attached hydrogens (tertiary/aromatic N) is 4. The summed E-state index contributed by atoms with van der Waals surface area (Å²) < 4.78 is 44.7. The van der Waals surface area contributed by atoms with Crippen molar-refractivity contribution >= 4 is 5.91 Å². The Morgan fingerprint density at radius 2 is 1.71 bits per heavy atom. The number of benzene rings is 1. The molecular weight excluding hydrogens is 493 g/mol. The third kappa shape index (κ3) is 5.88. The number of carbonyl (C=O) groups is 1. The van der Waals surface area contributed by atoms with Crippen molar-refractivity contribution in [3.63, 3.8) is 0 Å². The van der Waals surface area contributed by atoms with Crippen LogP contribution in [0.3, 0.4) is 0 Å². The van der Waals surface area contributed by atoms with Crippen LogP contribution in [-0.2, 0) is 10.9 Å². The molecule has 3 atom stereocenters. The number of ether oxygens (including phenoxy) is 1. The third-order valence-corrected chi connectivity index (χ3v) is 8.89. The van der Waals surface area contributed by atoms with Crippen LogP contribution in [-0.4, -0.2) is 65.1 Å². The van der Waals surface area contributed by atoms with E-state index >= 15 is 0 Å². The van der Waals surface area contributed by atoms with Gasteiger partial charge in [-0.2, -0.15) is 13.2 Å². The summed E-state index contributed by atoms with van der Waals surface area (Å²) in [4.78, 5) is 26.0. The van der Waals surface area contributed by atoms with Crippen LogP contribution >= 0.6 is 0 Å². The van der Waals surface area contributed by atoms with Gasteiger partial charge in [0.25, 0.3) is 5.91 Å². The number of likely N-dealkylation sites (tertiary alicyclic amines) is 2. The summed E-state index contributed by atoms with van der Waals surface area (Å²) in [5.41, 5.74) is 2.40. The van der Waals surface area contributed by atoms with Gasteiger partial charge in [0, 0.05) is 26.2 Å². The zero-order valence-electron chi connectivity index (χ0n) is 23.0. The van der Waals surface area contributed by atoms with E-state index in [4.69, 9.17) is 4.74 Å². The minimum Gasteiger partial charge on any atom is -0.383 e. The van der Waals surface area contributed by atoms with Crippen LogP contribution in [0.1, 0.15) is 78.4 Å². The Hall–Kier alpha value is -2.52. The smallest absolute Gasteiger partial charge is 0.383 e. The molecule has 9 heteroatoms. The molecule has 0 bridgehead atoms. The summed E-state index contributed by atoms with van der Waals surface area (Å²) in [5, 5.41) is 0. The minimum atomic E-state index is -4.34. The minimum absolute atomic E-state index is 0.0183. The normalized spacial score (nSPS) is 23.3. The van der Waals surface area contributed by atoms with Gasteiger partial charge in [0.1, 0.15) is 6.33 Å². The summed E-state index contributed by atoms with van der Waals surface area (Å²) in [6.45, 7) is 11.0. The van der Waals surface area contributed by atoms with Gasteiger partial charge >= 0.3 is 6.18 Å². The first-order valence-electron chi connectivity index (χ1n) is 13.4. The topological polar surface area (TPSA) is 58.6 Å². The first-order valence-corrected chi connectivity index (χ1v) is 13.4. The van der Waals surface area contributed by atoms with Crippen LogP contribution in [0.2, 0.25) is 0 Å². The molecule has 2 fully saturated rings. The van der Waals surface area contributed by atoms with Crippen LogP contribution in [0.4, 0.5) is 13.2 Å². The van der Waals surface area contributed by atoms with Crippen molar-refractivity contribution in [1.82, 2.24) is 19.8 Å². The number of rotatable bonds is 6. The Morgan fingerprint density at radius 3 is 2.24 bits per heavy atom. The molecule has 2 aromatic rings. The number of amides is 1. The predicted octanol–water partition coefficient (Wildman–Crippen LogP) is 5.84. The van der Waals surface area contributed by atoms with Gasteiger partial charge in [-0.15, -0.1) is 0 Å². The molecule has 0 radical (unpaired) electrons. The number of hydrogen-bond donors (Lipinski definition) is 0. The standard InChI is InChI=1S/C29H39F3N4O2/c1-19-16-24(10-13-36(19)25(17-38-5)22-6-8-23(9-7-22)29(30,31)32)28(4)11-14-35(15-12-28)27(37)26-20(2)33-18-34-21(26)3/h6-9,18-19,24-25H,10-17H2,1-5H3/t19-,24?,25-/m0/s1. The van der Waals surface area contributed by atoms with Gasteiger partial charge in [-0.05, 0) is 82.0 Å². The summed E-state index contributed by atoms with van der Waals surface area (Å²) in [7, 11) is 1.63. The third-order valence-electron chi connectivity index (χ3n) is 8.89. The molecule has 1 unspecified atom stereocenters. The maximum atomic E-state index is 13.2. The number of hydrogen-bond acceptors (Lipinski definition) is 5. The largest absolute Gasteiger partial charge is 0.416 e. The number of alkyl halides is 3. The van der Waals surface area contributed by atoms with Crippen LogP contribution < -0.4 is 0 Å². The average molecular weight is 533 g/mol. The SMILES string of the molecule is COC[C@@H](c1ccc(C(F)(F)F)cc1)N1CCC(C2(C)CCN(C(=O)c3c(C)ncnc3C)CC2)C[C@@H]1C. The van der Waals surface area contributed by atoms with Crippen molar-refractivity contribution in [2.45, 2.75) is 71.6 Å². The lowest BCUT2D eigenvalue weighted by Crippen LogP contribution is -2.51. The molecule has 208 valence electrons. The lowest BCUT2D eigenvalue weighted by atomic mass is 9.65. The van der Waals surface area contributed by atoms with Gasteiger partial charge in [0.05, 0.1) is 35.2 Å². The summed E-state index contributed by atoms with van der Waals surface area (Å²) in [5.74, 6) is 0.537. The average Bonchev–Trinajstić information content (AvgIpc) is 2.87. The monoisotopic (exact) mass is 532 g/mol.